The molecule has 0 saturated heterocycles. The number of hydrogen-bond donors (Lipinski definition) is 1. The smallest absolute Gasteiger partial charge is 0.417 e. The van der Waals surface area contributed by atoms with Gasteiger partial charge in [0.25, 0.3) is 0 Å². The van der Waals surface area contributed by atoms with E-state index in [2.05, 4.69) is 9.97 Å². The quantitative estimate of drug-likeness (QED) is 0.876. The van der Waals surface area contributed by atoms with Crippen molar-refractivity contribution in [1.29, 1.82) is 0 Å². The molecule has 2 rings (SSSR count). The summed E-state index contributed by atoms with van der Waals surface area (Å²) in [6.07, 6.45) is -1.58. The third-order valence-corrected chi connectivity index (χ3v) is 3.38. The van der Waals surface area contributed by atoms with Gasteiger partial charge in [0.05, 0.1) is 11.1 Å². The van der Waals surface area contributed by atoms with E-state index in [1.54, 1.807) is 19.3 Å². The van der Waals surface area contributed by atoms with Gasteiger partial charge in [0, 0.05) is 17.3 Å². The summed E-state index contributed by atoms with van der Waals surface area (Å²) in [6, 6.07) is 2.92. The summed E-state index contributed by atoms with van der Waals surface area (Å²) in [5.41, 5.74) is -1.12. The van der Waals surface area contributed by atoms with E-state index >= 15 is 0 Å². The van der Waals surface area contributed by atoms with Gasteiger partial charge < -0.3 is 5.11 Å². The fourth-order valence-corrected chi connectivity index (χ4v) is 2.28. The van der Waals surface area contributed by atoms with E-state index in [9.17, 15) is 18.0 Å². The van der Waals surface area contributed by atoms with Crippen molar-refractivity contribution >= 4 is 17.7 Å². The minimum absolute atomic E-state index is 0.323. The summed E-state index contributed by atoms with van der Waals surface area (Å²) in [5.74, 6) is -1.63. The van der Waals surface area contributed by atoms with Crippen LogP contribution in [-0.2, 0) is 6.18 Å². The molecule has 0 aliphatic rings. The zero-order valence-electron chi connectivity index (χ0n) is 10.7. The van der Waals surface area contributed by atoms with Crippen molar-refractivity contribution in [3.05, 3.63) is 47.3 Å². The van der Waals surface area contributed by atoms with Crippen LogP contribution in [0.5, 0.6) is 0 Å². The Labute approximate surface area is 122 Å². The first kappa shape index (κ1) is 15.3. The van der Waals surface area contributed by atoms with E-state index in [0.29, 0.717) is 10.1 Å². The summed E-state index contributed by atoms with van der Waals surface area (Å²) in [4.78, 5) is 19.3. The highest BCUT2D eigenvalue weighted by molar-refractivity contribution is 7.99. The predicted octanol–water partition coefficient (Wildman–Crippen LogP) is 3.65. The molecule has 0 fully saturated rings. The summed E-state index contributed by atoms with van der Waals surface area (Å²) in [7, 11) is 0. The van der Waals surface area contributed by atoms with Crippen molar-refractivity contribution in [3.8, 4) is 0 Å². The molecule has 1 N–H and O–H groups in total. The lowest BCUT2D eigenvalue weighted by molar-refractivity contribution is -0.138. The van der Waals surface area contributed by atoms with Gasteiger partial charge in [-0.05, 0) is 42.4 Å². The van der Waals surface area contributed by atoms with E-state index < -0.39 is 23.3 Å². The van der Waals surface area contributed by atoms with E-state index in [0.717, 1.165) is 29.5 Å². The fourth-order valence-electron chi connectivity index (χ4n) is 1.55. The molecule has 21 heavy (non-hydrogen) atoms. The van der Waals surface area contributed by atoms with E-state index in [4.69, 9.17) is 5.11 Å². The third kappa shape index (κ3) is 3.72. The Kier molecular flexibility index (Phi) is 4.17. The lowest BCUT2D eigenvalue weighted by atomic mass is 10.1. The van der Waals surface area contributed by atoms with Crippen LogP contribution in [0.3, 0.4) is 0 Å². The molecule has 0 saturated carbocycles. The van der Waals surface area contributed by atoms with Gasteiger partial charge in [-0.3, -0.25) is 0 Å². The molecule has 0 radical (unpaired) electrons. The van der Waals surface area contributed by atoms with E-state index in [-0.39, 0.29) is 0 Å². The molecule has 0 unspecified atom stereocenters. The number of benzene rings is 1. The van der Waals surface area contributed by atoms with Crippen LogP contribution in [0.15, 0.2) is 40.6 Å². The molecule has 0 bridgehead atoms. The van der Waals surface area contributed by atoms with Gasteiger partial charge in [-0.1, -0.05) is 0 Å². The van der Waals surface area contributed by atoms with Gasteiger partial charge in [-0.15, -0.1) is 0 Å². The second-order valence-corrected chi connectivity index (χ2v) is 5.20. The third-order valence-electron chi connectivity index (χ3n) is 2.49. The van der Waals surface area contributed by atoms with Gasteiger partial charge in [-0.25, -0.2) is 14.8 Å². The van der Waals surface area contributed by atoms with Crippen LogP contribution in [0.2, 0.25) is 0 Å². The maximum atomic E-state index is 12.7. The van der Waals surface area contributed by atoms with Crippen LogP contribution >= 0.6 is 11.8 Å². The van der Waals surface area contributed by atoms with Crippen molar-refractivity contribution < 1.29 is 23.1 Å². The van der Waals surface area contributed by atoms with Crippen molar-refractivity contribution in [2.75, 3.05) is 0 Å². The maximum Gasteiger partial charge on any atom is 0.417 e. The van der Waals surface area contributed by atoms with Crippen LogP contribution in [0.1, 0.15) is 21.5 Å². The molecule has 0 atom stereocenters. The molecule has 0 aliphatic heterocycles. The summed E-state index contributed by atoms with van der Waals surface area (Å²) in [6.45, 7) is 1.80. The number of carbonyl (C=O) groups is 1. The number of halogens is 3. The number of aryl methyl sites for hydroxylation is 1. The van der Waals surface area contributed by atoms with Crippen molar-refractivity contribution in [2.45, 2.75) is 23.2 Å². The number of carboxylic acids is 1. The molecule has 0 amide bonds. The lowest BCUT2D eigenvalue weighted by Crippen LogP contribution is -2.12. The average Bonchev–Trinajstić information content (AvgIpc) is 2.40. The van der Waals surface area contributed by atoms with Gasteiger partial charge in [0.2, 0.25) is 0 Å². The van der Waals surface area contributed by atoms with Crippen molar-refractivity contribution in [2.24, 2.45) is 0 Å². The normalized spacial score (nSPS) is 11.4. The van der Waals surface area contributed by atoms with E-state index in [1.807, 2.05) is 0 Å². The summed E-state index contributed by atoms with van der Waals surface area (Å²) >= 11 is 0.994. The number of nitrogens with zero attached hydrogens (tertiary/aromatic N) is 2. The highest BCUT2D eigenvalue weighted by atomic mass is 32.2. The summed E-state index contributed by atoms with van der Waals surface area (Å²) in [5, 5.41) is 9.25. The molecule has 0 aliphatic carbocycles. The standard InChI is InChI=1S/C13H9F3N2O2S/c1-7-5-17-12(18-6-7)21-8-2-3-10(13(14,15)16)9(4-8)11(19)20/h2-6H,1H3,(H,19,20). The first-order valence-corrected chi connectivity index (χ1v) is 6.50. The number of alkyl halides is 3. The average molecular weight is 314 g/mol. The second kappa shape index (κ2) is 5.72. The monoisotopic (exact) mass is 314 g/mol. The second-order valence-electron chi connectivity index (χ2n) is 4.16. The molecule has 110 valence electrons. The first-order valence-electron chi connectivity index (χ1n) is 5.68. The Bertz CT molecular complexity index is 672. The molecule has 1 heterocycles. The number of aromatic nitrogens is 2. The lowest BCUT2D eigenvalue weighted by Gasteiger charge is -2.11. The van der Waals surface area contributed by atoms with Crippen LogP contribution in [0.4, 0.5) is 13.2 Å². The van der Waals surface area contributed by atoms with E-state index in [1.165, 1.54) is 6.07 Å². The molecule has 4 nitrogen and oxygen atoms in total. The highest BCUT2D eigenvalue weighted by Gasteiger charge is 2.35. The van der Waals surface area contributed by atoms with Gasteiger partial charge in [0.15, 0.2) is 5.16 Å². The molecule has 1 aromatic heterocycles. The number of carboxylic acid groups (broad SMARTS) is 1. The van der Waals surface area contributed by atoms with Crippen LogP contribution in [0, 0.1) is 6.92 Å². The molecular formula is C13H9F3N2O2S. The molecule has 8 heteroatoms. The molecule has 2 aromatic rings. The Morgan fingerprint density at radius 1 is 1.24 bits per heavy atom. The van der Waals surface area contributed by atoms with Crippen LogP contribution in [0.25, 0.3) is 0 Å². The fraction of sp³-hybridized carbons (Fsp3) is 0.154. The highest BCUT2D eigenvalue weighted by Crippen LogP contribution is 2.35. The first-order chi connectivity index (χ1) is 9.77. The largest absolute Gasteiger partial charge is 0.478 e. The Morgan fingerprint density at radius 2 is 1.86 bits per heavy atom. The summed E-state index contributed by atoms with van der Waals surface area (Å²) < 4.78 is 38.2. The van der Waals surface area contributed by atoms with Crippen LogP contribution < -0.4 is 0 Å². The Balaban J connectivity index is 2.36. The molecule has 0 spiro atoms. The maximum absolute atomic E-state index is 12.7. The Hall–Kier alpha value is -2.09. The van der Waals surface area contributed by atoms with Gasteiger partial charge >= 0.3 is 12.1 Å². The Morgan fingerprint density at radius 3 is 2.38 bits per heavy atom. The SMILES string of the molecule is Cc1cnc(Sc2ccc(C(F)(F)F)c(C(=O)O)c2)nc1. The number of hydrogen-bond acceptors (Lipinski definition) is 4. The number of aromatic carboxylic acids is 1. The predicted molar refractivity (Wildman–Crippen MR) is 69.3 cm³/mol. The molecule has 1 aromatic carbocycles. The molecular weight excluding hydrogens is 305 g/mol. The van der Waals surface area contributed by atoms with Gasteiger partial charge in [0.1, 0.15) is 0 Å². The minimum atomic E-state index is -4.71. The van der Waals surface area contributed by atoms with Crippen LogP contribution in [-0.4, -0.2) is 21.0 Å². The minimum Gasteiger partial charge on any atom is -0.478 e. The van der Waals surface area contributed by atoms with Crippen molar-refractivity contribution in [1.82, 2.24) is 9.97 Å². The number of rotatable bonds is 3. The van der Waals surface area contributed by atoms with Gasteiger partial charge in [-0.2, -0.15) is 13.2 Å². The topological polar surface area (TPSA) is 63.1 Å². The zero-order valence-corrected chi connectivity index (χ0v) is 11.5. The van der Waals surface area contributed by atoms with Crippen molar-refractivity contribution in [3.63, 3.8) is 0 Å². The zero-order chi connectivity index (χ0) is 15.6.